The summed E-state index contributed by atoms with van der Waals surface area (Å²) >= 11 is 0. The Morgan fingerprint density at radius 1 is 1.07 bits per heavy atom. The molecular weight excluding hydrogens is 334 g/mol. The average molecular weight is 353 g/mol. The lowest BCUT2D eigenvalue weighted by Gasteiger charge is -2.14. The van der Waals surface area contributed by atoms with Crippen molar-refractivity contribution in [3.63, 3.8) is 0 Å². The van der Waals surface area contributed by atoms with Crippen LogP contribution in [0.4, 0.5) is 17.2 Å². The van der Waals surface area contributed by atoms with Crippen LogP contribution in [0.2, 0.25) is 0 Å². The molecule has 4 rings (SSSR count). The summed E-state index contributed by atoms with van der Waals surface area (Å²) in [5.74, 6) is 3.38. The maximum Gasteiger partial charge on any atom is 0.180 e. The molecule has 0 bridgehead atoms. The van der Waals surface area contributed by atoms with Crippen molar-refractivity contribution in [1.82, 2.24) is 14.4 Å². The second kappa shape index (κ2) is 6.85. The Balaban J connectivity index is 1.75. The Bertz CT molecular complexity index is 1150. The lowest BCUT2D eigenvalue weighted by molar-refractivity contribution is 1.12. The number of imidazole rings is 1. The fourth-order valence-electron chi connectivity index (χ4n) is 2.99. The van der Waals surface area contributed by atoms with Crippen molar-refractivity contribution in [1.29, 1.82) is 0 Å². The van der Waals surface area contributed by atoms with Crippen LogP contribution < -0.4 is 10.2 Å². The van der Waals surface area contributed by atoms with Crippen molar-refractivity contribution in [3.8, 4) is 23.6 Å². The number of terminal acetylenes is 1. The third-order valence-electron chi connectivity index (χ3n) is 4.38. The predicted octanol–water partition coefficient (Wildman–Crippen LogP) is 4.19. The summed E-state index contributed by atoms with van der Waals surface area (Å²) in [6, 6.07) is 16.0. The molecule has 5 heteroatoms. The zero-order valence-corrected chi connectivity index (χ0v) is 15.2. The second-order valence-electron chi connectivity index (χ2n) is 6.41. The Labute approximate surface area is 158 Å². The van der Waals surface area contributed by atoms with Crippen molar-refractivity contribution in [3.05, 3.63) is 72.7 Å². The number of benzene rings is 2. The normalized spacial score (nSPS) is 10.6. The Hall–Kier alpha value is -3.78. The molecule has 0 unspecified atom stereocenters. The molecule has 5 nitrogen and oxygen atoms in total. The Kier molecular flexibility index (Phi) is 4.23. The molecule has 2 heterocycles. The molecule has 0 radical (unpaired) electrons. The summed E-state index contributed by atoms with van der Waals surface area (Å²) in [4.78, 5) is 11.1. The van der Waals surface area contributed by atoms with Gasteiger partial charge in [0.15, 0.2) is 11.5 Å². The number of hydrogen-bond acceptors (Lipinski definition) is 4. The van der Waals surface area contributed by atoms with Crippen LogP contribution in [0.25, 0.3) is 16.9 Å². The number of nitrogens with zero attached hydrogens (tertiary/aromatic N) is 4. The highest BCUT2D eigenvalue weighted by Gasteiger charge is 2.11. The first-order chi connectivity index (χ1) is 13.2. The first-order valence-electron chi connectivity index (χ1n) is 8.59. The van der Waals surface area contributed by atoms with Gasteiger partial charge in [0.2, 0.25) is 0 Å². The number of fused-ring (bicyclic) bond motifs is 1. The minimum Gasteiger partial charge on any atom is -0.378 e. The summed E-state index contributed by atoms with van der Waals surface area (Å²) < 4.78 is 2.01. The first-order valence-corrected chi connectivity index (χ1v) is 8.59. The van der Waals surface area contributed by atoms with E-state index in [9.17, 15) is 0 Å². The zero-order chi connectivity index (χ0) is 18.8. The van der Waals surface area contributed by atoms with E-state index in [0.717, 1.165) is 33.8 Å². The van der Waals surface area contributed by atoms with Crippen LogP contribution in [0.5, 0.6) is 0 Å². The Morgan fingerprint density at radius 2 is 1.93 bits per heavy atom. The molecule has 0 amide bonds. The van der Waals surface area contributed by atoms with E-state index in [1.54, 1.807) is 6.20 Å². The van der Waals surface area contributed by atoms with E-state index in [1.807, 2.05) is 67.3 Å². The van der Waals surface area contributed by atoms with Gasteiger partial charge in [0, 0.05) is 49.0 Å². The van der Waals surface area contributed by atoms with Crippen molar-refractivity contribution >= 4 is 22.8 Å². The highest BCUT2D eigenvalue weighted by molar-refractivity contribution is 5.75. The topological polar surface area (TPSA) is 45.5 Å². The lowest BCUT2D eigenvalue weighted by atomic mass is 10.1. The van der Waals surface area contributed by atoms with E-state index in [1.165, 1.54) is 0 Å². The van der Waals surface area contributed by atoms with Crippen molar-refractivity contribution in [2.45, 2.75) is 0 Å². The SMILES string of the molecule is C#Cc1cccc(-c2cnc3c(Nc4cccc(N(C)C)c4)nccn23)c1. The van der Waals surface area contributed by atoms with Gasteiger partial charge in [-0.05, 0) is 30.3 Å². The van der Waals surface area contributed by atoms with Crippen LogP contribution in [0.1, 0.15) is 5.56 Å². The molecule has 0 atom stereocenters. The number of hydrogen-bond donors (Lipinski definition) is 1. The van der Waals surface area contributed by atoms with Gasteiger partial charge in [0.05, 0.1) is 11.9 Å². The van der Waals surface area contributed by atoms with Crippen molar-refractivity contribution < 1.29 is 0 Å². The minimum absolute atomic E-state index is 0.702. The zero-order valence-electron chi connectivity index (χ0n) is 15.2. The van der Waals surface area contributed by atoms with E-state index in [-0.39, 0.29) is 0 Å². The molecule has 2 aromatic carbocycles. The molecule has 27 heavy (non-hydrogen) atoms. The van der Waals surface area contributed by atoms with Crippen LogP contribution in [0, 0.1) is 12.3 Å². The quantitative estimate of drug-likeness (QED) is 0.559. The van der Waals surface area contributed by atoms with Gasteiger partial charge in [0.1, 0.15) is 0 Å². The summed E-state index contributed by atoms with van der Waals surface area (Å²) in [5, 5.41) is 3.38. The van der Waals surface area contributed by atoms with Crippen molar-refractivity contribution in [2.75, 3.05) is 24.3 Å². The van der Waals surface area contributed by atoms with E-state index < -0.39 is 0 Å². The molecule has 0 fully saturated rings. The fraction of sp³-hybridized carbons (Fsp3) is 0.0909. The molecule has 0 aliphatic heterocycles. The first kappa shape index (κ1) is 16.7. The third kappa shape index (κ3) is 3.21. The average Bonchev–Trinajstić information content (AvgIpc) is 3.13. The van der Waals surface area contributed by atoms with E-state index in [0.29, 0.717) is 5.82 Å². The fourth-order valence-corrected chi connectivity index (χ4v) is 2.99. The van der Waals surface area contributed by atoms with Crippen LogP contribution in [0.3, 0.4) is 0 Å². The minimum atomic E-state index is 0.702. The van der Waals surface area contributed by atoms with Crippen LogP contribution >= 0.6 is 0 Å². The maximum absolute atomic E-state index is 5.53. The largest absolute Gasteiger partial charge is 0.378 e. The smallest absolute Gasteiger partial charge is 0.180 e. The Morgan fingerprint density at radius 3 is 2.74 bits per heavy atom. The molecule has 1 N–H and O–H groups in total. The number of anilines is 3. The van der Waals surface area contributed by atoms with E-state index in [4.69, 9.17) is 6.42 Å². The standard InChI is InChI=1S/C22H19N5/c1-4-16-7-5-8-17(13-16)20-15-24-22-21(23-11-12-27(20)22)25-18-9-6-10-19(14-18)26(2)3/h1,5-15H,2-3H3,(H,23,25). The van der Waals surface area contributed by atoms with Crippen LogP contribution in [-0.2, 0) is 0 Å². The monoisotopic (exact) mass is 353 g/mol. The number of rotatable bonds is 4. The number of aromatic nitrogens is 3. The van der Waals surface area contributed by atoms with Gasteiger partial charge < -0.3 is 10.2 Å². The van der Waals surface area contributed by atoms with Gasteiger partial charge in [-0.1, -0.05) is 24.1 Å². The van der Waals surface area contributed by atoms with Gasteiger partial charge in [0.25, 0.3) is 0 Å². The molecule has 0 aliphatic carbocycles. The summed E-state index contributed by atoms with van der Waals surface area (Å²) in [7, 11) is 4.03. The molecule has 0 spiro atoms. The molecule has 0 saturated carbocycles. The highest BCUT2D eigenvalue weighted by atomic mass is 15.1. The highest BCUT2D eigenvalue weighted by Crippen LogP contribution is 2.26. The van der Waals surface area contributed by atoms with Crippen LogP contribution in [0.15, 0.2) is 67.1 Å². The van der Waals surface area contributed by atoms with E-state index >= 15 is 0 Å². The number of nitrogens with one attached hydrogen (secondary N) is 1. The molecular formula is C22H19N5. The van der Waals surface area contributed by atoms with Gasteiger partial charge in [-0.3, -0.25) is 4.40 Å². The molecule has 0 saturated heterocycles. The molecule has 132 valence electrons. The van der Waals surface area contributed by atoms with Gasteiger partial charge in [-0.15, -0.1) is 6.42 Å². The summed E-state index contributed by atoms with van der Waals surface area (Å²) in [6.07, 6.45) is 11.0. The molecule has 2 aromatic heterocycles. The molecule has 0 aliphatic rings. The summed E-state index contributed by atoms with van der Waals surface area (Å²) in [6.45, 7) is 0. The molecule has 4 aromatic rings. The van der Waals surface area contributed by atoms with Gasteiger partial charge in [-0.2, -0.15) is 0 Å². The van der Waals surface area contributed by atoms with Crippen LogP contribution in [-0.4, -0.2) is 28.5 Å². The summed E-state index contributed by atoms with van der Waals surface area (Å²) in [5.41, 5.74) is 5.66. The third-order valence-corrected chi connectivity index (χ3v) is 4.38. The van der Waals surface area contributed by atoms with Gasteiger partial charge >= 0.3 is 0 Å². The second-order valence-corrected chi connectivity index (χ2v) is 6.41. The van der Waals surface area contributed by atoms with E-state index in [2.05, 4.69) is 38.2 Å². The maximum atomic E-state index is 5.53. The van der Waals surface area contributed by atoms with Gasteiger partial charge in [-0.25, -0.2) is 9.97 Å². The lowest BCUT2D eigenvalue weighted by Crippen LogP contribution is -2.08. The van der Waals surface area contributed by atoms with Crippen molar-refractivity contribution in [2.24, 2.45) is 0 Å². The predicted molar refractivity (Wildman–Crippen MR) is 110 cm³/mol.